The largest absolute Gasteiger partial charge is 0.363 e. The first-order chi connectivity index (χ1) is 13.6. The lowest BCUT2D eigenvalue weighted by Gasteiger charge is -2.33. The van der Waals surface area contributed by atoms with Crippen LogP contribution < -0.4 is 20.9 Å². The molecule has 1 fully saturated rings. The smallest absolute Gasteiger partial charge is 0.246 e. The second-order valence-corrected chi connectivity index (χ2v) is 7.53. The minimum Gasteiger partial charge on any atom is -0.363 e. The number of thiophene rings is 1. The van der Waals surface area contributed by atoms with Gasteiger partial charge in [-0.2, -0.15) is 0 Å². The van der Waals surface area contributed by atoms with E-state index in [0.29, 0.717) is 17.7 Å². The zero-order valence-corrected chi connectivity index (χ0v) is 19.5. The van der Waals surface area contributed by atoms with Gasteiger partial charge in [-0.05, 0) is 61.5 Å². The van der Waals surface area contributed by atoms with Crippen LogP contribution in [0.25, 0.3) is 0 Å². The number of benzene rings is 1. The van der Waals surface area contributed by atoms with Crippen molar-refractivity contribution in [2.75, 3.05) is 36.4 Å². The second-order valence-electron chi connectivity index (χ2n) is 6.61. The van der Waals surface area contributed by atoms with E-state index in [1.165, 1.54) is 29.3 Å². The van der Waals surface area contributed by atoms with Gasteiger partial charge in [0.15, 0.2) is 5.96 Å². The number of aliphatic imine (C=N–C) groups is 1. The minimum absolute atomic E-state index is 0. The summed E-state index contributed by atoms with van der Waals surface area (Å²) in [5.41, 5.74) is 0.556. The van der Waals surface area contributed by atoms with Crippen LogP contribution in [0.4, 0.5) is 15.1 Å². The maximum Gasteiger partial charge on any atom is 0.246 e. The number of halogens is 2. The lowest BCUT2D eigenvalue weighted by molar-refractivity contribution is -0.114. The van der Waals surface area contributed by atoms with Crippen LogP contribution in [0.1, 0.15) is 19.8 Å². The lowest BCUT2D eigenvalue weighted by Crippen LogP contribution is -2.48. The number of rotatable bonds is 6. The quantitative estimate of drug-likeness (QED) is 0.303. The maximum absolute atomic E-state index is 12.9. The Morgan fingerprint density at radius 3 is 2.59 bits per heavy atom. The van der Waals surface area contributed by atoms with Crippen molar-refractivity contribution >= 4 is 57.9 Å². The molecule has 3 N–H and O–H groups in total. The number of nitrogens with one attached hydrogen (secondary N) is 3. The standard InChI is InChI=1S/C20H26FN5OS.HI/c1-2-22-20(23-14-18(27)24-16-7-5-15(21)6-8-16)25-17-9-11-26(12-10-17)19-4-3-13-28-19;/h3-8,13,17H,2,9-12,14H2,1H3,(H,24,27)(H2,22,23,25);1H. The van der Waals surface area contributed by atoms with Crippen LogP contribution in [0.3, 0.4) is 0 Å². The molecule has 2 aromatic rings. The van der Waals surface area contributed by atoms with E-state index in [1.807, 2.05) is 6.92 Å². The van der Waals surface area contributed by atoms with Gasteiger partial charge in [0.2, 0.25) is 5.91 Å². The number of anilines is 2. The van der Waals surface area contributed by atoms with Crippen molar-refractivity contribution < 1.29 is 9.18 Å². The summed E-state index contributed by atoms with van der Waals surface area (Å²) in [4.78, 5) is 18.9. The first kappa shape index (κ1) is 23.4. The molecular formula is C20H27FIN5OS. The van der Waals surface area contributed by atoms with E-state index in [9.17, 15) is 9.18 Å². The van der Waals surface area contributed by atoms with E-state index in [2.05, 4.69) is 43.4 Å². The number of nitrogens with zero attached hydrogens (tertiary/aromatic N) is 2. The van der Waals surface area contributed by atoms with Crippen molar-refractivity contribution in [1.82, 2.24) is 10.6 Å². The van der Waals surface area contributed by atoms with Crippen LogP contribution in [-0.2, 0) is 4.79 Å². The number of guanidine groups is 1. The van der Waals surface area contributed by atoms with Crippen LogP contribution in [0.15, 0.2) is 46.8 Å². The summed E-state index contributed by atoms with van der Waals surface area (Å²) in [6, 6.07) is 10.2. The van der Waals surface area contributed by atoms with E-state index < -0.39 is 0 Å². The van der Waals surface area contributed by atoms with Crippen LogP contribution in [0.5, 0.6) is 0 Å². The summed E-state index contributed by atoms with van der Waals surface area (Å²) in [6.45, 7) is 4.72. The van der Waals surface area contributed by atoms with Crippen molar-refractivity contribution in [2.24, 2.45) is 4.99 Å². The number of hydrogen-bond donors (Lipinski definition) is 3. The molecule has 0 atom stereocenters. The summed E-state index contributed by atoms with van der Waals surface area (Å²) in [5.74, 6) is 0.0717. The highest BCUT2D eigenvalue weighted by Gasteiger charge is 2.20. The van der Waals surface area contributed by atoms with Gasteiger partial charge in [0.05, 0.1) is 5.00 Å². The molecule has 1 aromatic heterocycles. The van der Waals surface area contributed by atoms with Gasteiger partial charge in [-0.3, -0.25) is 4.79 Å². The summed E-state index contributed by atoms with van der Waals surface area (Å²) >= 11 is 1.77. The molecule has 1 aromatic carbocycles. The molecule has 2 heterocycles. The average molecular weight is 531 g/mol. The molecule has 1 aliphatic rings. The lowest BCUT2D eigenvalue weighted by atomic mass is 10.1. The molecule has 0 radical (unpaired) electrons. The summed E-state index contributed by atoms with van der Waals surface area (Å²) in [6.07, 6.45) is 2.04. The molecule has 9 heteroatoms. The van der Waals surface area contributed by atoms with Crippen LogP contribution >= 0.6 is 35.3 Å². The highest BCUT2D eigenvalue weighted by Crippen LogP contribution is 2.24. The fourth-order valence-electron chi connectivity index (χ4n) is 3.09. The average Bonchev–Trinajstić information content (AvgIpc) is 3.23. The molecule has 3 rings (SSSR count). The molecule has 29 heavy (non-hydrogen) atoms. The van der Waals surface area contributed by atoms with Crippen LogP contribution in [0.2, 0.25) is 0 Å². The number of amides is 1. The molecule has 6 nitrogen and oxygen atoms in total. The molecule has 0 saturated carbocycles. The normalized spacial score (nSPS) is 14.8. The van der Waals surface area contributed by atoms with Gasteiger partial charge < -0.3 is 20.9 Å². The Labute approximate surface area is 192 Å². The predicted octanol–water partition coefficient (Wildman–Crippen LogP) is 3.67. The maximum atomic E-state index is 12.9. The zero-order valence-electron chi connectivity index (χ0n) is 16.4. The third-order valence-electron chi connectivity index (χ3n) is 4.51. The van der Waals surface area contributed by atoms with Gasteiger partial charge in [0, 0.05) is 31.4 Å². The highest BCUT2D eigenvalue weighted by molar-refractivity contribution is 14.0. The first-order valence-electron chi connectivity index (χ1n) is 9.52. The van der Waals surface area contributed by atoms with E-state index in [0.717, 1.165) is 32.5 Å². The van der Waals surface area contributed by atoms with Crippen molar-refractivity contribution in [3.05, 3.63) is 47.6 Å². The van der Waals surface area contributed by atoms with Gasteiger partial charge in [0.1, 0.15) is 12.4 Å². The van der Waals surface area contributed by atoms with Gasteiger partial charge in [-0.1, -0.05) is 0 Å². The molecule has 0 bridgehead atoms. The Morgan fingerprint density at radius 2 is 1.97 bits per heavy atom. The summed E-state index contributed by atoms with van der Waals surface area (Å²) < 4.78 is 12.9. The topological polar surface area (TPSA) is 68.8 Å². The zero-order chi connectivity index (χ0) is 19.8. The van der Waals surface area contributed by atoms with Crippen molar-refractivity contribution in [1.29, 1.82) is 0 Å². The SMILES string of the molecule is CCNC(=NCC(=O)Nc1ccc(F)cc1)NC1CCN(c2cccs2)CC1.I. The minimum atomic E-state index is -0.334. The van der Waals surface area contributed by atoms with Gasteiger partial charge in [-0.15, -0.1) is 35.3 Å². The van der Waals surface area contributed by atoms with E-state index in [-0.39, 0.29) is 42.2 Å². The number of hydrogen-bond acceptors (Lipinski definition) is 4. The third kappa shape index (κ3) is 7.46. The van der Waals surface area contributed by atoms with Crippen molar-refractivity contribution in [2.45, 2.75) is 25.8 Å². The van der Waals surface area contributed by atoms with Crippen molar-refractivity contribution in [3.63, 3.8) is 0 Å². The Hall–Kier alpha value is -1.88. The molecule has 158 valence electrons. The molecule has 0 aliphatic carbocycles. The molecular weight excluding hydrogens is 504 g/mol. The van der Waals surface area contributed by atoms with Gasteiger partial charge >= 0.3 is 0 Å². The van der Waals surface area contributed by atoms with Crippen molar-refractivity contribution in [3.8, 4) is 0 Å². The fraction of sp³-hybridized carbons (Fsp3) is 0.400. The Morgan fingerprint density at radius 1 is 1.24 bits per heavy atom. The van der Waals surface area contributed by atoms with Crippen LogP contribution in [0, 0.1) is 5.82 Å². The number of carbonyl (C=O) groups excluding carboxylic acids is 1. The molecule has 0 spiro atoms. The molecule has 1 amide bonds. The highest BCUT2D eigenvalue weighted by atomic mass is 127. The first-order valence-corrected chi connectivity index (χ1v) is 10.4. The monoisotopic (exact) mass is 531 g/mol. The Bertz CT molecular complexity index is 777. The van der Waals surface area contributed by atoms with E-state index in [4.69, 9.17) is 0 Å². The van der Waals surface area contributed by atoms with Gasteiger partial charge in [-0.25, -0.2) is 9.38 Å². The number of carbonyl (C=O) groups is 1. The van der Waals surface area contributed by atoms with Gasteiger partial charge in [0.25, 0.3) is 0 Å². The molecule has 0 unspecified atom stereocenters. The van der Waals surface area contributed by atoms with Crippen LogP contribution in [-0.4, -0.2) is 44.1 Å². The van der Waals surface area contributed by atoms with E-state index >= 15 is 0 Å². The fourth-order valence-corrected chi connectivity index (χ4v) is 3.88. The number of piperidine rings is 1. The molecule has 1 aliphatic heterocycles. The van der Waals surface area contributed by atoms with E-state index in [1.54, 1.807) is 11.3 Å². The second kappa shape index (κ2) is 12.0. The third-order valence-corrected chi connectivity index (χ3v) is 5.44. The predicted molar refractivity (Wildman–Crippen MR) is 129 cm³/mol. The Balaban J connectivity index is 0.00000300. The Kier molecular flexibility index (Phi) is 9.65. The summed E-state index contributed by atoms with van der Waals surface area (Å²) in [7, 11) is 0. The summed E-state index contributed by atoms with van der Waals surface area (Å²) in [5, 5.41) is 12.8. The molecule has 1 saturated heterocycles.